The van der Waals surface area contributed by atoms with E-state index in [0.29, 0.717) is 22.2 Å². The van der Waals surface area contributed by atoms with Crippen LogP contribution in [0.3, 0.4) is 0 Å². The Morgan fingerprint density at radius 3 is 2.35 bits per heavy atom. The van der Waals surface area contributed by atoms with Gasteiger partial charge in [-0.25, -0.2) is 0 Å². The summed E-state index contributed by atoms with van der Waals surface area (Å²) < 4.78 is 0. The predicted octanol–water partition coefficient (Wildman–Crippen LogP) is 4.36. The van der Waals surface area contributed by atoms with Gasteiger partial charge in [-0.2, -0.15) is 0 Å². The zero-order valence-electron chi connectivity index (χ0n) is 12.7. The topological polar surface area (TPSA) is 46.3 Å². The third-order valence-electron chi connectivity index (χ3n) is 4.28. The van der Waals surface area contributed by atoms with Gasteiger partial charge in [-0.3, -0.25) is 4.79 Å². The Morgan fingerprint density at radius 1 is 1.09 bits per heavy atom. The highest BCUT2D eigenvalue weighted by molar-refractivity contribution is 6.34. The molecule has 0 spiro atoms. The van der Waals surface area contributed by atoms with E-state index < -0.39 is 0 Å². The number of carbonyl (C=O) groups excluding carboxylic acids is 1. The van der Waals surface area contributed by atoms with Crippen LogP contribution in [-0.2, 0) is 0 Å². The molecule has 1 saturated heterocycles. The number of piperidine rings is 1. The first-order chi connectivity index (χ1) is 10.6. The molecule has 2 aromatic carbocycles. The lowest BCUT2D eigenvalue weighted by molar-refractivity contribution is 0.0713. The fraction of sp³-hybridized carbons (Fsp3) is 0.278. The minimum absolute atomic E-state index is 0. The second kappa shape index (κ2) is 7.71. The molecular weight excluding hydrogens is 331 g/mol. The van der Waals surface area contributed by atoms with Gasteiger partial charge in [0.05, 0.1) is 10.6 Å². The molecule has 0 saturated carbocycles. The third-order valence-corrected chi connectivity index (χ3v) is 4.59. The van der Waals surface area contributed by atoms with Crippen LogP contribution >= 0.6 is 24.0 Å². The van der Waals surface area contributed by atoms with E-state index in [1.807, 2.05) is 11.0 Å². The number of amides is 1. The highest BCUT2D eigenvalue weighted by atomic mass is 35.5. The smallest absolute Gasteiger partial charge is 0.255 e. The summed E-state index contributed by atoms with van der Waals surface area (Å²) in [5, 5.41) is 0.426. The minimum atomic E-state index is -0.00323. The lowest BCUT2D eigenvalue weighted by Crippen LogP contribution is -2.38. The summed E-state index contributed by atoms with van der Waals surface area (Å²) in [4.78, 5) is 14.5. The van der Waals surface area contributed by atoms with Crippen molar-refractivity contribution in [2.24, 2.45) is 0 Å². The quantitative estimate of drug-likeness (QED) is 0.817. The first-order valence-corrected chi connectivity index (χ1v) is 7.92. The molecule has 3 rings (SSSR count). The number of carbonyl (C=O) groups is 1. The van der Waals surface area contributed by atoms with E-state index in [0.717, 1.165) is 25.9 Å². The SMILES string of the molecule is Cl.Nc1ccc(C(=O)N2CCC(c3ccccc3)CC2)c(Cl)c1. The highest BCUT2D eigenvalue weighted by Crippen LogP contribution is 2.29. The number of hydrogen-bond acceptors (Lipinski definition) is 2. The molecule has 2 N–H and O–H groups in total. The highest BCUT2D eigenvalue weighted by Gasteiger charge is 2.25. The van der Waals surface area contributed by atoms with Crippen molar-refractivity contribution >= 4 is 35.6 Å². The van der Waals surface area contributed by atoms with Crippen molar-refractivity contribution in [2.75, 3.05) is 18.8 Å². The van der Waals surface area contributed by atoms with Crippen molar-refractivity contribution in [2.45, 2.75) is 18.8 Å². The van der Waals surface area contributed by atoms with Crippen LogP contribution in [0.5, 0.6) is 0 Å². The largest absolute Gasteiger partial charge is 0.399 e. The van der Waals surface area contributed by atoms with E-state index in [-0.39, 0.29) is 18.3 Å². The number of halogens is 2. The number of nitrogen functional groups attached to an aromatic ring is 1. The van der Waals surface area contributed by atoms with Crippen LogP contribution in [-0.4, -0.2) is 23.9 Å². The van der Waals surface area contributed by atoms with Gasteiger partial charge in [0.2, 0.25) is 0 Å². The number of benzene rings is 2. The van der Waals surface area contributed by atoms with Crippen molar-refractivity contribution in [3.8, 4) is 0 Å². The lowest BCUT2D eigenvalue weighted by Gasteiger charge is -2.32. The van der Waals surface area contributed by atoms with E-state index in [1.165, 1.54) is 5.56 Å². The van der Waals surface area contributed by atoms with Crippen molar-refractivity contribution in [3.63, 3.8) is 0 Å². The molecule has 0 atom stereocenters. The van der Waals surface area contributed by atoms with Crippen LogP contribution in [0.15, 0.2) is 48.5 Å². The zero-order valence-corrected chi connectivity index (χ0v) is 14.3. The molecule has 0 unspecified atom stereocenters. The second-order valence-corrected chi connectivity index (χ2v) is 6.12. The van der Waals surface area contributed by atoms with E-state index in [2.05, 4.69) is 24.3 Å². The van der Waals surface area contributed by atoms with Crippen LogP contribution in [0.2, 0.25) is 5.02 Å². The molecular formula is C18H20Cl2N2O. The molecule has 0 aliphatic carbocycles. The summed E-state index contributed by atoms with van der Waals surface area (Å²) in [5.74, 6) is 0.531. The fourth-order valence-electron chi connectivity index (χ4n) is 3.02. The van der Waals surface area contributed by atoms with Crippen molar-refractivity contribution < 1.29 is 4.79 Å². The van der Waals surface area contributed by atoms with Crippen molar-refractivity contribution in [1.82, 2.24) is 4.90 Å². The Balaban J connectivity index is 0.00000192. The molecule has 1 fully saturated rings. The van der Waals surface area contributed by atoms with E-state index in [4.69, 9.17) is 17.3 Å². The van der Waals surface area contributed by atoms with Crippen LogP contribution < -0.4 is 5.73 Å². The summed E-state index contributed by atoms with van der Waals surface area (Å²) in [5.41, 5.74) is 8.15. The first-order valence-electron chi connectivity index (χ1n) is 7.54. The summed E-state index contributed by atoms with van der Waals surface area (Å²) in [6.07, 6.45) is 1.98. The number of anilines is 1. The fourth-order valence-corrected chi connectivity index (χ4v) is 3.29. The number of rotatable bonds is 2. The molecule has 3 nitrogen and oxygen atoms in total. The van der Waals surface area contributed by atoms with Gasteiger partial charge in [0.15, 0.2) is 0 Å². The van der Waals surface area contributed by atoms with Gasteiger partial charge in [0.1, 0.15) is 0 Å². The van der Waals surface area contributed by atoms with Crippen LogP contribution in [0.4, 0.5) is 5.69 Å². The van der Waals surface area contributed by atoms with Crippen molar-refractivity contribution in [1.29, 1.82) is 0 Å². The predicted molar refractivity (Wildman–Crippen MR) is 97.4 cm³/mol. The monoisotopic (exact) mass is 350 g/mol. The standard InChI is InChI=1S/C18H19ClN2O.ClH/c19-17-12-15(20)6-7-16(17)18(22)21-10-8-14(9-11-21)13-4-2-1-3-5-13;/h1-7,12,14H,8-11,20H2;1H. The average Bonchev–Trinajstić information content (AvgIpc) is 2.55. The summed E-state index contributed by atoms with van der Waals surface area (Å²) in [6, 6.07) is 15.6. The maximum atomic E-state index is 12.6. The molecule has 2 aromatic rings. The van der Waals surface area contributed by atoms with Gasteiger partial charge >= 0.3 is 0 Å². The number of nitrogens with zero attached hydrogens (tertiary/aromatic N) is 1. The number of nitrogens with two attached hydrogens (primary N) is 1. The molecule has 1 aliphatic heterocycles. The Kier molecular flexibility index (Phi) is 5.91. The summed E-state index contributed by atoms with van der Waals surface area (Å²) in [7, 11) is 0. The Morgan fingerprint density at radius 2 is 1.74 bits per heavy atom. The van der Waals surface area contributed by atoms with E-state index in [9.17, 15) is 4.79 Å². The molecule has 122 valence electrons. The third kappa shape index (κ3) is 3.98. The lowest BCUT2D eigenvalue weighted by atomic mass is 9.89. The van der Waals surface area contributed by atoms with Gasteiger partial charge in [0, 0.05) is 18.8 Å². The van der Waals surface area contributed by atoms with Crippen molar-refractivity contribution in [3.05, 3.63) is 64.7 Å². The molecule has 0 bridgehead atoms. The zero-order chi connectivity index (χ0) is 15.5. The molecule has 5 heteroatoms. The number of likely N-dealkylation sites (tertiary alicyclic amines) is 1. The van der Waals surface area contributed by atoms with Gasteiger partial charge in [-0.15, -0.1) is 12.4 Å². The normalized spacial score (nSPS) is 15.1. The first kappa shape index (κ1) is 17.6. The Labute approximate surface area is 147 Å². The van der Waals surface area contributed by atoms with Gasteiger partial charge in [0.25, 0.3) is 5.91 Å². The second-order valence-electron chi connectivity index (χ2n) is 5.72. The van der Waals surface area contributed by atoms with Gasteiger partial charge in [-0.05, 0) is 42.5 Å². The maximum Gasteiger partial charge on any atom is 0.255 e. The summed E-state index contributed by atoms with van der Waals surface area (Å²) in [6.45, 7) is 1.53. The molecule has 1 heterocycles. The average molecular weight is 351 g/mol. The molecule has 1 aliphatic rings. The van der Waals surface area contributed by atoms with E-state index >= 15 is 0 Å². The van der Waals surface area contributed by atoms with Crippen LogP contribution in [0.1, 0.15) is 34.7 Å². The molecule has 1 amide bonds. The van der Waals surface area contributed by atoms with Gasteiger partial charge in [-0.1, -0.05) is 41.9 Å². The van der Waals surface area contributed by atoms with Crippen LogP contribution in [0.25, 0.3) is 0 Å². The molecule has 23 heavy (non-hydrogen) atoms. The Bertz CT molecular complexity index is 668. The van der Waals surface area contributed by atoms with E-state index in [1.54, 1.807) is 18.2 Å². The van der Waals surface area contributed by atoms with Crippen LogP contribution in [0, 0.1) is 0 Å². The summed E-state index contributed by atoms with van der Waals surface area (Å²) >= 11 is 6.14. The van der Waals surface area contributed by atoms with Gasteiger partial charge < -0.3 is 10.6 Å². The molecule has 0 aromatic heterocycles. The number of hydrogen-bond donors (Lipinski definition) is 1. The Hall–Kier alpha value is -1.71. The molecule has 0 radical (unpaired) electrons. The minimum Gasteiger partial charge on any atom is -0.399 e. The maximum absolute atomic E-state index is 12.6.